The summed E-state index contributed by atoms with van der Waals surface area (Å²) in [7, 11) is 0. The highest BCUT2D eigenvalue weighted by Crippen LogP contribution is 2.33. The second-order valence-corrected chi connectivity index (χ2v) is 3.86. The highest BCUT2D eigenvalue weighted by Gasteiger charge is 2.24. The van der Waals surface area contributed by atoms with Gasteiger partial charge in [-0.15, -0.1) is 0 Å². The van der Waals surface area contributed by atoms with Crippen LogP contribution in [0.15, 0.2) is 11.4 Å². The Labute approximate surface area is 68.5 Å². The average molecular weight is 176 g/mol. The van der Waals surface area contributed by atoms with Gasteiger partial charge in [0.1, 0.15) is 0 Å². The van der Waals surface area contributed by atoms with E-state index in [4.69, 9.17) is 5.11 Å². The van der Waals surface area contributed by atoms with Crippen molar-refractivity contribution in [2.24, 2.45) is 0 Å². The molecule has 1 saturated heterocycles. The summed E-state index contributed by atoms with van der Waals surface area (Å²) in [6.07, 6.45) is 0.573. The van der Waals surface area contributed by atoms with Gasteiger partial charge in [-0.1, -0.05) is 0 Å². The minimum Gasteiger partial charge on any atom is -0.476 e. The van der Waals surface area contributed by atoms with E-state index in [1.54, 1.807) is 11.8 Å². The molecule has 0 bridgehead atoms. The molecule has 1 aliphatic rings. The van der Waals surface area contributed by atoms with E-state index in [0.29, 0.717) is 12.0 Å². The molecule has 1 fully saturated rings. The summed E-state index contributed by atoms with van der Waals surface area (Å²) in [5, 5.41) is 8.35. The van der Waals surface area contributed by atoms with Crippen LogP contribution in [0.25, 0.3) is 0 Å². The molecule has 0 saturated carbocycles. The maximum Gasteiger partial charge on any atom is 0.364 e. The molecule has 0 aromatic carbocycles. The molecular weight excluding hydrogens is 167 g/mol. The Bertz CT molecular complexity index is 212. The van der Waals surface area contributed by atoms with Crippen molar-refractivity contribution in [1.29, 1.82) is 0 Å². The van der Waals surface area contributed by atoms with E-state index in [0.717, 1.165) is 5.75 Å². The first-order chi connectivity index (χ1) is 5.13. The third-order valence-electron chi connectivity index (χ3n) is 1.70. The van der Waals surface area contributed by atoms with Gasteiger partial charge in [-0.25, -0.2) is 4.79 Å². The Morgan fingerprint density at radius 1 is 1.82 bits per heavy atom. The lowest BCUT2D eigenvalue weighted by Crippen LogP contribution is -2.03. The standard InChI is InChI=1S/C7H9FO2S/c1-4-5(2-3-11-4)6(8)7(9)10/h4H,2-3H2,1H3,(H,9,10). The summed E-state index contributed by atoms with van der Waals surface area (Å²) < 4.78 is 12.7. The molecule has 1 rings (SSSR count). The smallest absolute Gasteiger partial charge is 0.364 e. The number of aliphatic carboxylic acids is 1. The molecule has 0 aromatic rings. The highest BCUT2D eigenvalue weighted by atomic mass is 32.2. The van der Waals surface area contributed by atoms with Crippen LogP contribution in [0.4, 0.5) is 4.39 Å². The van der Waals surface area contributed by atoms with Gasteiger partial charge in [0, 0.05) is 5.25 Å². The summed E-state index contributed by atoms with van der Waals surface area (Å²) in [6, 6.07) is 0. The Morgan fingerprint density at radius 3 is 2.82 bits per heavy atom. The predicted octanol–water partition coefficient (Wildman–Crippen LogP) is 1.82. The lowest BCUT2D eigenvalue weighted by Gasteiger charge is -2.02. The topological polar surface area (TPSA) is 37.3 Å². The van der Waals surface area contributed by atoms with E-state index in [1.165, 1.54) is 0 Å². The molecule has 0 radical (unpaired) electrons. The first kappa shape index (κ1) is 8.59. The predicted molar refractivity (Wildman–Crippen MR) is 42.3 cm³/mol. The zero-order valence-corrected chi connectivity index (χ0v) is 6.95. The van der Waals surface area contributed by atoms with Crippen LogP contribution >= 0.6 is 11.8 Å². The Morgan fingerprint density at radius 2 is 2.45 bits per heavy atom. The van der Waals surface area contributed by atoms with Crippen molar-refractivity contribution in [2.45, 2.75) is 18.6 Å². The van der Waals surface area contributed by atoms with Gasteiger partial charge in [0.25, 0.3) is 0 Å². The van der Waals surface area contributed by atoms with Crippen LogP contribution in [0.2, 0.25) is 0 Å². The number of thioether (sulfide) groups is 1. The first-order valence-electron chi connectivity index (χ1n) is 3.36. The third-order valence-corrected chi connectivity index (χ3v) is 2.92. The van der Waals surface area contributed by atoms with E-state index in [-0.39, 0.29) is 5.25 Å². The zero-order valence-electron chi connectivity index (χ0n) is 6.13. The molecule has 1 N–H and O–H groups in total. The second kappa shape index (κ2) is 3.26. The number of hydrogen-bond donors (Lipinski definition) is 1. The largest absolute Gasteiger partial charge is 0.476 e. The quantitative estimate of drug-likeness (QED) is 0.619. The summed E-state index contributed by atoms with van der Waals surface area (Å²) in [5.74, 6) is -1.56. The third kappa shape index (κ3) is 1.74. The Kier molecular flexibility index (Phi) is 2.54. The van der Waals surface area contributed by atoms with E-state index in [1.807, 2.05) is 6.92 Å². The van der Waals surface area contributed by atoms with Crippen LogP contribution in [0.1, 0.15) is 13.3 Å². The van der Waals surface area contributed by atoms with Gasteiger partial charge in [-0.3, -0.25) is 0 Å². The molecule has 0 aliphatic carbocycles. The number of rotatable bonds is 1. The second-order valence-electron chi connectivity index (χ2n) is 2.41. The number of carboxylic acids is 1. The molecule has 4 heteroatoms. The SMILES string of the molecule is CC1SCCC1=C(F)C(=O)O. The van der Waals surface area contributed by atoms with Crippen LogP contribution in [-0.2, 0) is 4.79 Å². The van der Waals surface area contributed by atoms with Crippen molar-refractivity contribution >= 4 is 17.7 Å². The van der Waals surface area contributed by atoms with Crippen LogP contribution in [0.3, 0.4) is 0 Å². The minimum absolute atomic E-state index is 0.0334. The molecule has 2 nitrogen and oxygen atoms in total. The van der Waals surface area contributed by atoms with Gasteiger partial charge < -0.3 is 5.11 Å². The Balaban J connectivity index is 2.85. The van der Waals surface area contributed by atoms with Crippen LogP contribution in [0.5, 0.6) is 0 Å². The monoisotopic (exact) mass is 176 g/mol. The van der Waals surface area contributed by atoms with E-state index >= 15 is 0 Å². The molecule has 0 aromatic heterocycles. The summed E-state index contributed by atoms with van der Waals surface area (Å²) in [6.45, 7) is 1.83. The van der Waals surface area contributed by atoms with Gasteiger partial charge in [-0.05, 0) is 24.7 Å². The van der Waals surface area contributed by atoms with Crippen molar-refractivity contribution in [3.63, 3.8) is 0 Å². The zero-order chi connectivity index (χ0) is 8.43. The average Bonchev–Trinajstić information content (AvgIpc) is 2.33. The van der Waals surface area contributed by atoms with Crippen molar-refractivity contribution in [2.75, 3.05) is 5.75 Å². The minimum atomic E-state index is -1.44. The molecule has 1 unspecified atom stereocenters. The van der Waals surface area contributed by atoms with Gasteiger partial charge in [-0.2, -0.15) is 16.2 Å². The van der Waals surface area contributed by atoms with Crippen LogP contribution in [-0.4, -0.2) is 22.1 Å². The highest BCUT2D eigenvalue weighted by molar-refractivity contribution is 8.00. The maximum absolute atomic E-state index is 12.7. The summed E-state index contributed by atoms with van der Waals surface area (Å²) >= 11 is 1.59. The molecular formula is C7H9FO2S. The molecule has 1 aliphatic heterocycles. The van der Waals surface area contributed by atoms with Gasteiger partial charge in [0.15, 0.2) is 0 Å². The molecule has 1 heterocycles. The fourth-order valence-electron chi connectivity index (χ4n) is 1.08. The van der Waals surface area contributed by atoms with Gasteiger partial charge in [0.2, 0.25) is 5.83 Å². The fraction of sp³-hybridized carbons (Fsp3) is 0.571. The first-order valence-corrected chi connectivity index (χ1v) is 4.41. The molecule has 0 amide bonds. The number of carboxylic acid groups (broad SMARTS) is 1. The number of hydrogen-bond acceptors (Lipinski definition) is 2. The van der Waals surface area contributed by atoms with Crippen molar-refractivity contribution in [3.8, 4) is 0 Å². The van der Waals surface area contributed by atoms with Crippen molar-refractivity contribution < 1.29 is 14.3 Å². The summed E-state index contributed by atoms with van der Waals surface area (Å²) in [4.78, 5) is 10.2. The Hall–Kier alpha value is -0.510. The van der Waals surface area contributed by atoms with E-state index < -0.39 is 11.8 Å². The molecule has 0 spiro atoms. The normalized spacial score (nSPS) is 28.7. The lowest BCUT2D eigenvalue weighted by molar-refractivity contribution is -0.134. The molecule has 62 valence electrons. The van der Waals surface area contributed by atoms with E-state index in [9.17, 15) is 9.18 Å². The molecule has 1 atom stereocenters. The number of carbonyl (C=O) groups is 1. The lowest BCUT2D eigenvalue weighted by atomic mass is 10.1. The maximum atomic E-state index is 12.7. The van der Waals surface area contributed by atoms with Crippen molar-refractivity contribution in [1.82, 2.24) is 0 Å². The van der Waals surface area contributed by atoms with Gasteiger partial charge >= 0.3 is 5.97 Å². The van der Waals surface area contributed by atoms with Gasteiger partial charge in [0.05, 0.1) is 0 Å². The van der Waals surface area contributed by atoms with Crippen LogP contribution < -0.4 is 0 Å². The molecule has 11 heavy (non-hydrogen) atoms. The fourth-order valence-corrected chi connectivity index (χ4v) is 2.19. The number of halogens is 1. The summed E-state index contributed by atoms with van der Waals surface area (Å²) in [5.41, 5.74) is 0.447. The van der Waals surface area contributed by atoms with Crippen LogP contribution in [0, 0.1) is 0 Å². The van der Waals surface area contributed by atoms with E-state index in [2.05, 4.69) is 0 Å². The van der Waals surface area contributed by atoms with Crippen molar-refractivity contribution in [3.05, 3.63) is 11.4 Å².